The number of carbonyl (C=O) groups is 2. The van der Waals surface area contributed by atoms with Crippen LogP contribution in [0.3, 0.4) is 0 Å². The fourth-order valence-corrected chi connectivity index (χ4v) is 2.81. The van der Waals surface area contributed by atoms with Crippen LogP contribution >= 0.6 is 0 Å². The van der Waals surface area contributed by atoms with E-state index in [1.54, 1.807) is 0 Å². The summed E-state index contributed by atoms with van der Waals surface area (Å²) in [5, 5.41) is 2.82. The summed E-state index contributed by atoms with van der Waals surface area (Å²) >= 11 is 0. The molecule has 124 valence electrons. The minimum absolute atomic E-state index is 0.0993. The summed E-state index contributed by atoms with van der Waals surface area (Å²) < 4.78 is 7.22. The number of hydrogen-bond donors (Lipinski definition) is 1. The van der Waals surface area contributed by atoms with E-state index in [0.29, 0.717) is 5.56 Å². The molecule has 0 aromatic carbocycles. The minimum atomic E-state index is -0.446. The van der Waals surface area contributed by atoms with Gasteiger partial charge in [-0.2, -0.15) is 0 Å². The lowest BCUT2D eigenvalue weighted by atomic mass is 10.2. The van der Waals surface area contributed by atoms with Crippen molar-refractivity contribution in [3.8, 4) is 0 Å². The maximum atomic E-state index is 12.2. The molecule has 0 saturated carbocycles. The summed E-state index contributed by atoms with van der Waals surface area (Å²) in [5.74, 6) is -0.703. The van der Waals surface area contributed by atoms with Gasteiger partial charge < -0.3 is 14.6 Å². The molecule has 5 nitrogen and oxygen atoms in total. The first kappa shape index (κ1) is 18.3. The van der Waals surface area contributed by atoms with Crippen molar-refractivity contribution < 1.29 is 14.3 Å². The second-order valence-electron chi connectivity index (χ2n) is 6.08. The smallest absolute Gasteiger partial charge is 0.340 e. The molecule has 0 aliphatic carbocycles. The first-order chi connectivity index (χ1) is 10.3. The number of nitrogens with zero attached hydrogens (tertiary/aromatic N) is 1. The fraction of sp³-hybridized carbons (Fsp3) is 0.647. The van der Waals surface area contributed by atoms with Crippen LogP contribution in [0.1, 0.15) is 68.3 Å². The first-order valence-corrected chi connectivity index (χ1v) is 7.92. The summed E-state index contributed by atoms with van der Waals surface area (Å²) in [5.41, 5.74) is 2.42. The molecular weight excluding hydrogens is 280 g/mol. The summed E-state index contributed by atoms with van der Waals surface area (Å²) in [6.45, 7) is 11.8. The van der Waals surface area contributed by atoms with E-state index in [0.717, 1.165) is 24.2 Å². The quantitative estimate of drug-likeness (QED) is 0.787. The number of aryl methyl sites for hydroxylation is 1. The largest absolute Gasteiger partial charge is 0.452 e. The van der Waals surface area contributed by atoms with Gasteiger partial charge in [-0.3, -0.25) is 4.79 Å². The summed E-state index contributed by atoms with van der Waals surface area (Å²) in [4.78, 5) is 23.9. The molecule has 1 aromatic rings. The van der Waals surface area contributed by atoms with Crippen LogP contribution in [0.2, 0.25) is 0 Å². The number of esters is 1. The zero-order valence-electron chi connectivity index (χ0n) is 14.5. The Morgan fingerprint density at radius 2 is 1.91 bits per heavy atom. The van der Waals surface area contributed by atoms with Crippen molar-refractivity contribution in [2.24, 2.45) is 0 Å². The van der Waals surface area contributed by atoms with Crippen molar-refractivity contribution in [3.63, 3.8) is 0 Å². The zero-order chi connectivity index (χ0) is 16.9. The lowest BCUT2D eigenvalue weighted by molar-refractivity contribution is -0.124. The summed E-state index contributed by atoms with van der Waals surface area (Å²) in [7, 11) is 0. The Morgan fingerprint density at radius 1 is 1.27 bits per heavy atom. The first-order valence-electron chi connectivity index (χ1n) is 7.92. The molecule has 5 heteroatoms. The highest BCUT2D eigenvalue weighted by molar-refractivity contribution is 5.92. The number of nitrogens with one attached hydrogen (secondary N) is 1. The van der Waals surface area contributed by atoms with Crippen molar-refractivity contribution in [1.82, 2.24) is 9.88 Å². The molecular formula is C17H28N2O3. The second-order valence-corrected chi connectivity index (χ2v) is 6.08. The molecule has 0 aliphatic rings. The van der Waals surface area contributed by atoms with Gasteiger partial charge in [-0.1, -0.05) is 13.3 Å². The fourth-order valence-electron chi connectivity index (χ4n) is 2.81. The Kier molecular flexibility index (Phi) is 6.65. The van der Waals surface area contributed by atoms with Gasteiger partial charge in [0, 0.05) is 23.5 Å². The molecule has 0 unspecified atom stereocenters. The molecule has 1 atom stereocenters. The summed E-state index contributed by atoms with van der Waals surface area (Å²) in [6.07, 6.45) is 1.91. The predicted molar refractivity (Wildman–Crippen MR) is 87.1 cm³/mol. The third kappa shape index (κ3) is 4.61. The van der Waals surface area contributed by atoms with Crippen molar-refractivity contribution >= 4 is 11.9 Å². The number of amides is 1. The van der Waals surface area contributed by atoms with E-state index in [-0.39, 0.29) is 24.6 Å². The number of ether oxygens (including phenoxy) is 1. The molecule has 1 aromatic heterocycles. The highest BCUT2D eigenvalue weighted by Gasteiger charge is 2.19. The predicted octanol–water partition coefficient (Wildman–Crippen LogP) is 3.15. The number of hydrogen-bond acceptors (Lipinski definition) is 3. The monoisotopic (exact) mass is 308 g/mol. The van der Waals surface area contributed by atoms with Gasteiger partial charge in [0.1, 0.15) is 0 Å². The van der Waals surface area contributed by atoms with Crippen molar-refractivity contribution in [2.45, 2.75) is 66.5 Å². The molecule has 0 aliphatic heterocycles. The Bertz CT molecular complexity index is 532. The number of rotatable bonds is 7. The molecule has 1 N–H and O–H groups in total. The average molecular weight is 308 g/mol. The van der Waals surface area contributed by atoms with E-state index >= 15 is 0 Å². The SMILES string of the molecule is CCC[C@H](C)NC(=O)COC(=O)c1cc(C)n(C(C)C)c1C. The van der Waals surface area contributed by atoms with Gasteiger partial charge >= 0.3 is 5.97 Å². The third-order valence-corrected chi connectivity index (χ3v) is 3.68. The number of aromatic nitrogens is 1. The lowest BCUT2D eigenvalue weighted by Gasteiger charge is -2.14. The van der Waals surface area contributed by atoms with Crippen LogP contribution in [-0.2, 0) is 9.53 Å². The molecule has 0 saturated heterocycles. The van der Waals surface area contributed by atoms with Crippen LogP contribution in [0.15, 0.2) is 6.07 Å². The molecule has 1 rings (SSSR count). The van der Waals surface area contributed by atoms with Crippen molar-refractivity contribution in [2.75, 3.05) is 6.61 Å². The van der Waals surface area contributed by atoms with Gasteiger partial charge in [0.05, 0.1) is 5.56 Å². The number of carbonyl (C=O) groups excluding carboxylic acids is 2. The lowest BCUT2D eigenvalue weighted by Crippen LogP contribution is -2.35. The van der Waals surface area contributed by atoms with Crippen LogP contribution in [0.5, 0.6) is 0 Å². The van der Waals surface area contributed by atoms with E-state index in [2.05, 4.69) is 30.7 Å². The van der Waals surface area contributed by atoms with Crippen molar-refractivity contribution in [1.29, 1.82) is 0 Å². The maximum Gasteiger partial charge on any atom is 0.340 e. The molecule has 1 heterocycles. The van der Waals surface area contributed by atoms with Gasteiger partial charge in [0.2, 0.25) is 0 Å². The Balaban J connectivity index is 2.63. The Hall–Kier alpha value is -1.78. The van der Waals surface area contributed by atoms with E-state index in [4.69, 9.17) is 4.74 Å². The maximum absolute atomic E-state index is 12.2. The molecule has 0 radical (unpaired) electrons. The van der Waals surface area contributed by atoms with Gasteiger partial charge in [0.25, 0.3) is 5.91 Å². The van der Waals surface area contributed by atoms with Crippen LogP contribution < -0.4 is 5.32 Å². The van der Waals surface area contributed by atoms with E-state index in [1.807, 2.05) is 26.8 Å². The third-order valence-electron chi connectivity index (χ3n) is 3.68. The second kappa shape index (κ2) is 8.01. The van der Waals surface area contributed by atoms with Crippen LogP contribution in [0, 0.1) is 13.8 Å². The van der Waals surface area contributed by atoms with E-state index in [9.17, 15) is 9.59 Å². The van der Waals surface area contributed by atoms with Gasteiger partial charge in [0.15, 0.2) is 6.61 Å². The molecule has 0 spiro atoms. The van der Waals surface area contributed by atoms with Gasteiger partial charge in [-0.15, -0.1) is 0 Å². The normalized spacial score (nSPS) is 12.3. The van der Waals surface area contributed by atoms with Crippen molar-refractivity contribution in [3.05, 3.63) is 23.0 Å². The van der Waals surface area contributed by atoms with E-state index in [1.165, 1.54) is 0 Å². The van der Waals surface area contributed by atoms with E-state index < -0.39 is 5.97 Å². The minimum Gasteiger partial charge on any atom is -0.452 e. The van der Waals surface area contributed by atoms with Gasteiger partial charge in [-0.25, -0.2) is 4.79 Å². The zero-order valence-corrected chi connectivity index (χ0v) is 14.5. The average Bonchev–Trinajstić information content (AvgIpc) is 2.71. The Labute approximate surface area is 133 Å². The highest BCUT2D eigenvalue weighted by Crippen LogP contribution is 2.20. The molecule has 0 bridgehead atoms. The van der Waals surface area contributed by atoms with Crippen LogP contribution in [0.4, 0.5) is 0 Å². The topological polar surface area (TPSA) is 60.3 Å². The highest BCUT2D eigenvalue weighted by atomic mass is 16.5. The van der Waals surface area contributed by atoms with Crippen LogP contribution in [-0.4, -0.2) is 29.1 Å². The molecule has 1 amide bonds. The Morgan fingerprint density at radius 3 is 2.41 bits per heavy atom. The molecule has 0 fully saturated rings. The summed E-state index contributed by atoms with van der Waals surface area (Å²) in [6, 6.07) is 2.19. The van der Waals surface area contributed by atoms with Crippen LogP contribution in [0.25, 0.3) is 0 Å². The van der Waals surface area contributed by atoms with Gasteiger partial charge in [-0.05, 0) is 47.1 Å². The standard InChI is InChI=1S/C17H28N2O3/c1-7-8-12(4)18-16(20)10-22-17(21)15-9-13(5)19(11(2)3)14(15)6/h9,11-12H,7-8,10H2,1-6H3,(H,18,20)/t12-/m0/s1. The molecule has 22 heavy (non-hydrogen) atoms.